The highest BCUT2D eigenvalue weighted by molar-refractivity contribution is 6.51. The molecule has 1 saturated heterocycles. The van der Waals surface area contributed by atoms with Crippen LogP contribution in [0, 0.1) is 0 Å². The quantitative estimate of drug-likeness (QED) is 0.312. The first-order valence-corrected chi connectivity index (χ1v) is 10.8. The van der Waals surface area contributed by atoms with E-state index >= 15 is 0 Å². The maximum absolute atomic E-state index is 13.3. The molecular weight excluding hydrogens is 434 g/mol. The molecule has 0 bridgehead atoms. The number of ketones is 1. The molecule has 1 aliphatic heterocycles. The van der Waals surface area contributed by atoms with Gasteiger partial charge in [-0.25, -0.2) is 0 Å². The fraction of sp³-hybridized carbons (Fsp3) is 0.185. The number of carbonyl (C=O) groups is 2. The van der Waals surface area contributed by atoms with E-state index in [1.165, 1.54) is 19.1 Å². The number of hydrogen-bond acceptors (Lipinski definition) is 6. The summed E-state index contributed by atoms with van der Waals surface area (Å²) in [5.41, 5.74) is 1.44. The Balaban J connectivity index is 1.94. The molecule has 3 aromatic rings. The molecule has 0 unspecified atom stereocenters. The van der Waals surface area contributed by atoms with Crippen molar-refractivity contribution in [1.29, 1.82) is 0 Å². The SMILES string of the molecule is CCOc1ccc(N2C(=O)C(=O)/C(=C(/O)c3ccccc3)[C@@H]2c2ccc(OC)cc2OC)cc1. The van der Waals surface area contributed by atoms with E-state index in [-0.39, 0.29) is 11.3 Å². The van der Waals surface area contributed by atoms with Gasteiger partial charge in [0.2, 0.25) is 0 Å². The van der Waals surface area contributed by atoms with E-state index in [1.54, 1.807) is 72.8 Å². The highest BCUT2D eigenvalue weighted by atomic mass is 16.5. The van der Waals surface area contributed by atoms with Gasteiger partial charge >= 0.3 is 0 Å². The van der Waals surface area contributed by atoms with Gasteiger partial charge in [0.05, 0.1) is 32.4 Å². The molecule has 1 atom stereocenters. The number of rotatable bonds is 7. The van der Waals surface area contributed by atoms with Crippen molar-refractivity contribution in [1.82, 2.24) is 0 Å². The van der Waals surface area contributed by atoms with Gasteiger partial charge in [-0.2, -0.15) is 0 Å². The molecule has 0 spiro atoms. The van der Waals surface area contributed by atoms with Gasteiger partial charge in [-0.15, -0.1) is 0 Å². The lowest BCUT2D eigenvalue weighted by Gasteiger charge is -2.27. The zero-order valence-electron chi connectivity index (χ0n) is 19.1. The summed E-state index contributed by atoms with van der Waals surface area (Å²) in [6.07, 6.45) is 0. The van der Waals surface area contributed by atoms with Gasteiger partial charge in [0.1, 0.15) is 23.0 Å². The molecular formula is C27H25NO6. The van der Waals surface area contributed by atoms with E-state index in [1.807, 2.05) is 6.92 Å². The zero-order chi connectivity index (χ0) is 24.2. The van der Waals surface area contributed by atoms with Crippen molar-refractivity contribution in [2.75, 3.05) is 25.7 Å². The van der Waals surface area contributed by atoms with E-state index in [0.29, 0.717) is 40.7 Å². The van der Waals surface area contributed by atoms with Crippen LogP contribution < -0.4 is 19.1 Å². The van der Waals surface area contributed by atoms with Crippen molar-refractivity contribution in [2.24, 2.45) is 0 Å². The van der Waals surface area contributed by atoms with Crippen LogP contribution in [-0.2, 0) is 9.59 Å². The molecule has 1 N–H and O–H groups in total. The lowest BCUT2D eigenvalue weighted by atomic mass is 9.94. The molecule has 0 aromatic heterocycles. The van der Waals surface area contributed by atoms with Gasteiger partial charge in [0.25, 0.3) is 11.7 Å². The van der Waals surface area contributed by atoms with Crippen molar-refractivity contribution in [2.45, 2.75) is 13.0 Å². The molecule has 3 aromatic carbocycles. The third kappa shape index (κ3) is 4.08. The number of aliphatic hydroxyl groups excluding tert-OH is 1. The van der Waals surface area contributed by atoms with Crippen molar-refractivity contribution in [3.63, 3.8) is 0 Å². The number of methoxy groups -OCH3 is 2. The predicted octanol–water partition coefficient (Wildman–Crippen LogP) is 4.73. The topological polar surface area (TPSA) is 85.3 Å². The van der Waals surface area contributed by atoms with Crippen molar-refractivity contribution in [3.8, 4) is 17.2 Å². The molecule has 7 heteroatoms. The Kier molecular flexibility index (Phi) is 6.54. The second-order valence-electron chi connectivity index (χ2n) is 7.57. The number of benzene rings is 3. The largest absolute Gasteiger partial charge is 0.507 e. The van der Waals surface area contributed by atoms with Crippen LogP contribution in [0.4, 0.5) is 5.69 Å². The summed E-state index contributed by atoms with van der Waals surface area (Å²) in [6.45, 7) is 2.38. The van der Waals surface area contributed by atoms with E-state index in [4.69, 9.17) is 14.2 Å². The molecule has 1 heterocycles. The minimum absolute atomic E-state index is 0.0199. The van der Waals surface area contributed by atoms with Crippen molar-refractivity contribution < 1.29 is 28.9 Å². The maximum atomic E-state index is 13.3. The number of carbonyl (C=O) groups excluding carboxylic acids is 2. The molecule has 0 saturated carbocycles. The summed E-state index contributed by atoms with van der Waals surface area (Å²) in [5, 5.41) is 11.2. The Bertz CT molecular complexity index is 1230. The van der Waals surface area contributed by atoms with Gasteiger partial charge in [-0.3, -0.25) is 14.5 Å². The summed E-state index contributed by atoms with van der Waals surface area (Å²) in [6, 6.07) is 19.8. The molecule has 7 nitrogen and oxygen atoms in total. The smallest absolute Gasteiger partial charge is 0.300 e. The van der Waals surface area contributed by atoms with Gasteiger partial charge in [0.15, 0.2) is 0 Å². The summed E-state index contributed by atoms with van der Waals surface area (Å²) in [7, 11) is 3.04. The predicted molar refractivity (Wildman–Crippen MR) is 128 cm³/mol. The lowest BCUT2D eigenvalue weighted by molar-refractivity contribution is -0.132. The van der Waals surface area contributed by atoms with Crippen LogP contribution in [0.2, 0.25) is 0 Å². The second-order valence-corrected chi connectivity index (χ2v) is 7.57. The normalized spacial score (nSPS) is 17.0. The molecule has 1 amide bonds. The molecule has 174 valence electrons. The van der Waals surface area contributed by atoms with E-state index in [2.05, 4.69) is 0 Å². The number of aliphatic hydroxyl groups is 1. The highest BCUT2D eigenvalue weighted by Crippen LogP contribution is 2.45. The number of hydrogen-bond donors (Lipinski definition) is 1. The van der Waals surface area contributed by atoms with E-state index in [0.717, 1.165) is 0 Å². The minimum atomic E-state index is -0.918. The highest BCUT2D eigenvalue weighted by Gasteiger charge is 2.48. The Hall–Kier alpha value is -4.26. The average Bonchev–Trinajstić information content (AvgIpc) is 3.14. The van der Waals surface area contributed by atoms with Crippen molar-refractivity contribution in [3.05, 3.63) is 89.5 Å². The minimum Gasteiger partial charge on any atom is -0.507 e. The van der Waals surface area contributed by atoms with Gasteiger partial charge in [-0.05, 0) is 43.3 Å². The van der Waals surface area contributed by atoms with Gasteiger partial charge in [0, 0.05) is 22.9 Å². The Labute approximate surface area is 197 Å². The average molecular weight is 459 g/mol. The molecule has 4 rings (SSSR count). The zero-order valence-corrected chi connectivity index (χ0v) is 19.1. The van der Waals surface area contributed by atoms with Crippen LogP contribution in [0.3, 0.4) is 0 Å². The summed E-state index contributed by atoms with van der Waals surface area (Å²) < 4.78 is 16.4. The molecule has 34 heavy (non-hydrogen) atoms. The first-order valence-electron chi connectivity index (χ1n) is 10.8. The van der Waals surface area contributed by atoms with Crippen LogP contribution >= 0.6 is 0 Å². The second kappa shape index (κ2) is 9.70. The maximum Gasteiger partial charge on any atom is 0.300 e. The Morgan fingerprint density at radius 1 is 0.912 bits per heavy atom. The van der Waals surface area contributed by atoms with Crippen LogP contribution in [-0.4, -0.2) is 37.6 Å². The lowest BCUT2D eigenvalue weighted by Crippen LogP contribution is -2.29. The third-order valence-electron chi connectivity index (χ3n) is 5.65. The third-order valence-corrected chi connectivity index (χ3v) is 5.65. The number of ether oxygens (including phenoxy) is 3. The number of amides is 1. The van der Waals surface area contributed by atoms with Crippen molar-refractivity contribution >= 4 is 23.1 Å². The van der Waals surface area contributed by atoms with Crippen LogP contribution in [0.25, 0.3) is 5.76 Å². The monoisotopic (exact) mass is 459 g/mol. The van der Waals surface area contributed by atoms with Crippen LogP contribution in [0.1, 0.15) is 24.1 Å². The summed E-state index contributed by atoms with van der Waals surface area (Å²) in [5.74, 6) is -0.161. The Morgan fingerprint density at radius 3 is 2.21 bits per heavy atom. The standard InChI is InChI=1S/C27H25NO6/c1-4-34-19-12-10-18(11-13-19)28-24(21-15-14-20(32-2)16-22(21)33-3)23(26(30)27(28)31)25(29)17-8-6-5-7-9-17/h5-16,24,29H,4H2,1-3H3/b25-23+/t24-/m0/s1. The summed E-state index contributed by atoms with van der Waals surface area (Å²) >= 11 is 0. The first-order chi connectivity index (χ1) is 16.5. The molecule has 1 fully saturated rings. The van der Waals surface area contributed by atoms with E-state index < -0.39 is 17.7 Å². The number of anilines is 1. The first kappa shape index (κ1) is 22.9. The van der Waals surface area contributed by atoms with Gasteiger partial charge < -0.3 is 19.3 Å². The number of Topliss-reactive ketones (excluding diaryl/α,β-unsaturated/α-hetero) is 1. The van der Waals surface area contributed by atoms with Crippen LogP contribution in [0.5, 0.6) is 17.2 Å². The fourth-order valence-corrected chi connectivity index (χ4v) is 4.06. The number of nitrogens with zero attached hydrogens (tertiary/aromatic N) is 1. The fourth-order valence-electron chi connectivity index (χ4n) is 4.06. The molecule has 1 aliphatic rings. The summed E-state index contributed by atoms with van der Waals surface area (Å²) in [4.78, 5) is 28.0. The van der Waals surface area contributed by atoms with E-state index in [9.17, 15) is 14.7 Å². The van der Waals surface area contributed by atoms with Gasteiger partial charge in [-0.1, -0.05) is 30.3 Å². The molecule has 0 aliphatic carbocycles. The molecule has 0 radical (unpaired) electrons. The Morgan fingerprint density at radius 2 is 1.59 bits per heavy atom. The van der Waals surface area contributed by atoms with Crippen LogP contribution in [0.15, 0.2) is 78.4 Å².